The minimum atomic E-state index is -4.33. The maximum atomic E-state index is 12.8. The molecule has 0 aliphatic heterocycles. The molecule has 2 nitrogen and oxygen atoms in total. The van der Waals surface area contributed by atoms with Crippen molar-refractivity contribution in [2.24, 2.45) is 5.84 Å². The fourth-order valence-electron chi connectivity index (χ4n) is 2.79. The largest absolute Gasteiger partial charge is 0.416 e. The molecule has 0 spiro atoms. The van der Waals surface area contributed by atoms with Crippen molar-refractivity contribution in [2.75, 3.05) is 0 Å². The Kier molecular flexibility index (Phi) is 5.42. The molecule has 0 fully saturated rings. The normalized spacial score (nSPS) is 21.0. The first kappa shape index (κ1) is 16.0. The van der Waals surface area contributed by atoms with Crippen LogP contribution in [0.2, 0.25) is 0 Å². The van der Waals surface area contributed by atoms with Gasteiger partial charge < -0.3 is 0 Å². The van der Waals surface area contributed by atoms with E-state index in [2.05, 4.69) is 11.5 Å². The second kappa shape index (κ2) is 7.09. The van der Waals surface area contributed by atoms with Gasteiger partial charge in [0.1, 0.15) is 0 Å². The van der Waals surface area contributed by atoms with Gasteiger partial charge in [0.15, 0.2) is 0 Å². The van der Waals surface area contributed by atoms with Crippen LogP contribution in [-0.4, -0.2) is 0 Å². The van der Waals surface area contributed by atoms with Crippen molar-refractivity contribution >= 4 is 0 Å². The predicted molar refractivity (Wildman–Crippen MR) is 77.3 cm³/mol. The predicted octanol–water partition coefficient (Wildman–Crippen LogP) is 4.49. The van der Waals surface area contributed by atoms with Gasteiger partial charge in [0.2, 0.25) is 0 Å². The Morgan fingerprint density at radius 3 is 2.57 bits per heavy atom. The SMILES string of the molecule is NNC(/C1=C/CCCCCC1)c1cccc(C(F)(F)F)c1. The maximum absolute atomic E-state index is 12.8. The molecule has 1 unspecified atom stereocenters. The Hall–Kier alpha value is -1.33. The standard InChI is InChI=1S/C16H21F3N2/c17-16(18,19)14-10-6-9-13(11-14)15(21-20)12-7-4-2-1-3-5-8-12/h6-7,9-11,15,21H,1-5,8,20H2/b12-7+. The summed E-state index contributed by atoms with van der Waals surface area (Å²) in [6.45, 7) is 0. The highest BCUT2D eigenvalue weighted by Gasteiger charge is 2.31. The summed E-state index contributed by atoms with van der Waals surface area (Å²) in [4.78, 5) is 0. The van der Waals surface area contributed by atoms with Crippen LogP contribution in [-0.2, 0) is 6.18 Å². The molecule has 0 saturated heterocycles. The van der Waals surface area contributed by atoms with Crippen molar-refractivity contribution in [1.82, 2.24) is 5.43 Å². The summed E-state index contributed by atoms with van der Waals surface area (Å²) < 4.78 is 38.5. The van der Waals surface area contributed by atoms with Crippen LogP contribution in [0.5, 0.6) is 0 Å². The lowest BCUT2D eigenvalue weighted by atomic mass is 9.90. The first-order valence-electron chi connectivity index (χ1n) is 7.34. The third-order valence-corrected chi connectivity index (χ3v) is 3.91. The van der Waals surface area contributed by atoms with Crippen molar-refractivity contribution in [3.05, 3.63) is 47.0 Å². The Labute approximate surface area is 123 Å². The number of rotatable bonds is 3. The van der Waals surface area contributed by atoms with Crippen LogP contribution in [0.4, 0.5) is 13.2 Å². The van der Waals surface area contributed by atoms with E-state index in [1.807, 2.05) is 0 Å². The van der Waals surface area contributed by atoms with E-state index < -0.39 is 11.7 Å². The number of benzene rings is 1. The topological polar surface area (TPSA) is 38.0 Å². The van der Waals surface area contributed by atoms with Crippen molar-refractivity contribution in [1.29, 1.82) is 0 Å². The summed E-state index contributed by atoms with van der Waals surface area (Å²) >= 11 is 0. The van der Waals surface area contributed by atoms with E-state index in [0.717, 1.165) is 43.7 Å². The summed E-state index contributed by atoms with van der Waals surface area (Å²) in [7, 11) is 0. The zero-order valence-electron chi connectivity index (χ0n) is 11.9. The monoisotopic (exact) mass is 298 g/mol. The molecule has 0 saturated carbocycles. The third kappa shape index (κ3) is 4.32. The van der Waals surface area contributed by atoms with Gasteiger partial charge in [-0.15, -0.1) is 0 Å². The second-order valence-corrected chi connectivity index (χ2v) is 5.45. The highest BCUT2D eigenvalue weighted by Crippen LogP contribution is 2.33. The Bertz CT molecular complexity index is 495. The maximum Gasteiger partial charge on any atom is 0.416 e. The highest BCUT2D eigenvalue weighted by molar-refractivity contribution is 5.33. The number of allylic oxidation sites excluding steroid dienone is 1. The third-order valence-electron chi connectivity index (χ3n) is 3.91. The fourth-order valence-corrected chi connectivity index (χ4v) is 2.79. The molecule has 21 heavy (non-hydrogen) atoms. The molecular formula is C16H21F3N2. The van der Waals surface area contributed by atoms with Gasteiger partial charge in [0.05, 0.1) is 11.6 Å². The molecule has 0 bridgehead atoms. The summed E-state index contributed by atoms with van der Waals surface area (Å²) in [5.41, 5.74) is 3.71. The summed E-state index contributed by atoms with van der Waals surface area (Å²) in [5, 5.41) is 0. The number of hydrazine groups is 1. The van der Waals surface area contributed by atoms with Crippen LogP contribution >= 0.6 is 0 Å². The van der Waals surface area contributed by atoms with Crippen LogP contribution in [0.15, 0.2) is 35.9 Å². The lowest BCUT2D eigenvalue weighted by Crippen LogP contribution is -2.30. The average Bonchev–Trinajstić information content (AvgIpc) is 2.41. The van der Waals surface area contributed by atoms with Crippen LogP contribution in [0, 0.1) is 0 Å². The van der Waals surface area contributed by atoms with Crippen LogP contribution in [0.1, 0.15) is 55.7 Å². The number of hydrogen-bond donors (Lipinski definition) is 2. The van der Waals surface area contributed by atoms with E-state index in [1.165, 1.54) is 18.6 Å². The van der Waals surface area contributed by atoms with Gasteiger partial charge >= 0.3 is 6.18 Å². The number of nitrogens with two attached hydrogens (primary N) is 1. The zero-order valence-corrected chi connectivity index (χ0v) is 11.9. The van der Waals surface area contributed by atoms with Crippen LogP contribution in [0.25, 0.3) is 0 Å². The second-order valence-electron chi connectivity index (χ2n) is 5.45. The molecular weight excluding hydrogens is 277 g/mol. The lowest BCUT2D eigenvalue weighted by Gasteiger charge is -2.23. The molecule has 0 heterocycles. The van der Waals surface area contributed by atoms with Crippen LogP contribution in [0.3, 0.4) is 0 Å². The first-order chi connectivity index (χ1) is 10.0. The van der Waals surface area contributed by atoms with Crippen molar-refractivity contribution in [3.8, 4) is 0 Å². The lowest BCUT2D eigenvalue weighted by molar-refractivity contribution is -0.137. The molecule has 0 amide bonds. The van der Waals surface area contributed by atoms with E-state index >= 15 is 0 Å². The van der Waals surface area contributed by atoms with Gasteiger partial charge in [0.25, 0.3) is 0 Å². The Balaban J connectivity index is 2.28. The van der Waals surface area contributed by atoms with Crippen molar-refractivity contribution in [2.45, 2.75) is 50.7 Å². The molecule has 3 N–H and O–H groups in total. The van der Waals surface area contributed by atoms with Gasteiger partial charge in [-0.1, -0.05) is 36.6 Å². The quantitative estimate of drug-likeness (QED) is 0.490. The molecule has 2 rings (SSSR count). The smallest absolute Gasteiger partial charge is 0.271 e. The van der Waals surface area contributed by atoms with Crippen LogP contribution < -0.4 is 11.3 Å². The molecule has 5 heteroatoms. The fraction of sp³-hybridized carbons (Fsp3) is 0.500. The summed E-state index contributed by atoms with van der Waals surface area (Å²) in [6, 6.07) is 5.06. The minimum Gasteiger partial charge on any atom is -0.271 e. The molecule has 1 aliphatic carbocycles. The van der Waals surface area contributed by atoms with E-state index in [9.17, 15) is 13.2 Å². The van der Waals surface area contributed by atoms with Gasteiger partial charge in [0, 0.05) is 0 Å². The molecule has 0 radical (unpaired) electrons. The first-order valence-corrected chi connectivity index (χ1v) is 7.34. The molecule has 0 aromatic heterocycles. The average molecular weight is 298 g/mol. The molecule has 1 aliphatic rings. The molecule has 1 aromatic carbocycles. The molecule has 116 valence electrons. The van der Waals surface area contributed by atoms with Gasteiger partial charge in [-0.2, -0.15) is 13.2 Å². The van der Waals surface area contributed by atoms with Crippen molar-refractivity contribution < 1.29 is 13.2 Å². The van der Waals surface area contributed by atoms with Gasteiger partial charge in [-0.25, -0.2) is 5.43 Å². The molecule has 1 atom stereocenters. The minimum absolute atomic E-state index is 0.342. The summed E-state index contributed by atoms with van der Waals surface area (Å²) in [6.07, 6.45) is 4.21. The van der Waals surface area contributed by atoms with Crippen molar-refractivity contribution in [3.63, 3.8) is 0 Å². The number of hydrogen-bond acceptors (Lipinski definition) is 2. The van der Waals surface area contributed by atoms with E-state index in [4.69, 9.17) is 5.84 Å². The van der Waals surface area contributed by atoms with Gasteiger partial charge in [-0.3, -0.25) is 5.84 Å². The highest BCUT2D eigenvalue weighted by atomic mass is 19.4. The van der Waals surface area contributed by atoms with Gasteiger partial charge in [-0.05, 0) is 43.4 Å². The Morgan fingerprint density at radius 1 is 1.10 bits per heavy atom. The number of alkyl halides is 3. The van der Waals surface area contributed by atoms with E-state index in [1.54, 1.807) is 6.07 Å². The number of nitrogens with one attached hydrogen (secondary N) is 1. The molecule has 1 aromatic rings. The summed E-state index contributed by atoms with van der Waals surface area (Å²) in [5.74, 6) is 5.61. The zero-order chi connectivity index (χ0) is 15.3. The van der Waals surface area contributed by atoms with E-state index in [0.29, 0.717) is 5.56 Å². The van der Waals surface area contributed by atoms with E-state index in [-0.39, 0.29) is 6.04 Å². The Morgan fingerprint density at radius 2 is 1.86 bits per heavy atom. The number of halogens is 3.